The molecule has 2 atom stereocenters. The fourth-order valence-electron chi connectivity index (χ4n) is 2.32. The number of ether oxygens (including phenoxy) is 1. The molecule has 0 aliphatic heterocycles. The summed E-state index contributed by atoms with van der Waals surface area (Å²) in [5, 5.41) is 0. The molecular weight excluding hydrogens is 422 g/mol. The number of alkyl halides is 10. The number of benzene rings is 2. The van der Waals surface area contributed by atoms with Gasteiger partial charge in [-0.15, -0.1) is 0 Å². The second-order valence-electron chi connectivity index (χ2n) is 5.93. The van der Waals surface area contributed by atoms with Gasteiger partial charge in [0.15, 0.2) is 0 Å². The Hall–Kier alpha value is -2.30. The van der Waals surface area contributed by atoms with Crippen molar-refractivity contribution in [3.8, 4) is 0 Å². The van der Waals surface area contributed by atoms with E-state index in [1.807, 2.05) is 0 Å². The normalized spacial score (nSPS) is 15.8. The minimum atomic E-state index is -6.01. The van der Waals surface area contributed by atoms with Gasteiger partial charge in [-0.25, -0.2) is 8.78 Å². The standard InChI is InChI=1S/C18H12F10O/c19-13(15(21,22)11-7-3-1-4-8-11)17(25,26)29-18(27,28)14(20)16(23,24)12-9-5-2-6-10-12/h1-10,13-14H. The van der Waals surface area contributed by atoms with Crippen LogP contribution in [0.15, 0.2) is 60.7 Å². The zero-order chi connectivity index (χ0) is 22.1. The summed E-state index contributed by atoms with van der Waals surface area (Å²) in [5.74, 6) is -10.1. The Kier molecular flexibility index (Phi) is 6.22. The van der Waals surface area contributed by atoms with E-state index in [4.69, 9.17) is 0 Å². The highest BCUT2D eigenvalue weighted by Gasteiger charge is 2.66. The first-order chi connectivity index (χ1) is 13.2. The van der Waals surface area contributed by atoms with Crippen LogP contribution in [0.25, 0.3) is 0 Å². The molecule has 2 aromatic carbocycles. The van der Waals surface area contributed by atoms with E-state index in [1.165, 1.54) is 12.1 Å². The fourth-order valence-corrected chi connectivity index (χ4v) is 2.32. The minimum Gasteiger partial charge on any atom is -0.250 e. The summed E-state index contributed by atoms with van der Waals surface area (Å²) in [4.78, 5) is 0. The summed E-state index contributed by atoms with van der Waals surface area (Å²) < 4.78 is 140. The molecule has 0 N–H and O–H groups in total. The van der Waals surface area contributed by atoms with Crippen LogP contribution < -0.4 is 0 Å². The molecule has 2 aromatic rings. The average Bonchev–Trinajstić information content (AvgIpc) is 2.67. The largest absolute Gasteiger partial charge is 0.397 e. The van der Waals surface area contributed by atoms with Crippen LogP contribution in [0, 0.1) is 0 Å². The molecule has 0 spiro atoms. The van der Waals surface area contributed by atoms with Crippen LogP contribution in [0.3, 0.4) is 0 Å². The van der Waals surface area contributed by atoms with Gasteiger partial charge in [0.05, 0.1) is 0 Å². The van der Waals surface area contributed by atoms with Crippen LogP contribution in [0.1, 0.15) is 11.1 Å². The third kappa shape index (κ3) is 4.65. The van der Waals surface area contributed by atoms with Crippen molar-refractivity contribution in [3.63, 3.8) is 0 Å². The van der Waals surface area contributed by atoms with E-state index < -0.39 is 47.5 Å². The van der Waals surface area contributed by atoms with E-state index in [0.29, 0.717) is 24.3 Å². The smallest absolute Gasteiger partial charge is 0.250 e. The minimum absolute atomic E-state index is 0.530. The molecule has 0 radical (unpaired) electrons. The summed E-state index contributed by atoms with van der Waals surface area (Å²) in [7, 11) is 0. The second-order valence-corrected chi connectivity index (χ2v) is 5.93. The van der Waals surface area contributed by atoms with Crippen molar-refractivity contribution in [2.75, 3.05) is 0 Å². The van der Waals surface area contributed by atoms with Crippen LogP contribution in [0.4, 0.5) is 43.9 Å². The van der Waals surface area contributed by atoms with Gasteiger partial charge in [0.1, 0.15) is 0 Å². The van der Waals surface area contributed by atoms with E-state index in [9.17, 15) is 43.9 Å². The third-order valence-electron chi connectivity index (χ3n) is 3.82. The molecule has 1 nitrogen and oxygen atoms in total. The van der Waals surface area contributed by atoms with Crippen LogP contribution in [-0.4, -0.2) is 24.6 Å². The van der Waals surface area contributed by atoms with Gasteiger partial charge in [-0.3, -0.25) is 4.74 Å². The Labute approximate surface area is 157 Å². The first-order valence-corrected chi connectivity index (χ1v) is 7.83. The number of halogens is 10. The Bertz CT molecular complexity index is 727. The first-order valence-electron chi connectivity index (χ1n) is 7.83. The Morgan fingerprint density at radius 2 is 0.793 bits per heavy atom. The van der Waals surface area contributed by atoms with Crippen molar-refractivity contribution in [3.05, 3.63) is 71.8 Å². The molecule has 0 bridgehead atoms. The highest BCUT2D eigenvalue weighted by Crippen LogP contribution is 2.48. The lowest BCUT2D eigenvalue weighted by Gasteiger charge is -2.33. The van der Waals surface area contributed by atoms with Gasteiger partial charge in [-0.1, -0.05) is 60.7 Å². The molecule has 2 unspecified atom stereocenters. The van der Waals surface area contributed by atoms with Crippen molar-refractivity contribution in [1.29, 1.82) is 0 Å². The van der Waals surface area contributed by atoms with Crippen molar-refractivity contribution >= 4 is 0 Å². The maximum Gasteiger partial charge on any atom is 0.397 e. The highest BCUT2D eigenvalue weighted by molar-refractivity contribution is 5.23. The first kappa shape index (κ1) is 23.0. The number of rotatable bonds is 8. The highest BCUT2D eigenvalue weighted by atomic mass is 19.3. The molecule has 0 aliphatic rings. The van der Waals surface area contributed by atoms with Gasteiger partial charge in [-0.2, -0.15) is 35.1 Å². The molecule has 0 saturated carbocycles. The summed E-state index contributed by atoms with van der Waals surface area (Å²) in [6.45, 7) is 0. The Morgan fingerprint density at radius 1 is 0.517 bits per heavy atom. The van der Waals surface area contributed by atoms with Gasteiger partial charge in [-0.05, 0) is 0 Å². The lowest BCUT2D eigenvalue weighted by molar-refractivity contribution is -0.431. The predicted molar refractivity (Wildman–Crippen MR) is 81.4 cm³/mol. The van der Waals surface area contributed by atoms with Crippen molar-refractivity contribution in [2.45, 2.75) is 36.4 Å². The Balaban J connectivity index is 2.27. The van der Waals surface area contributed by atoms with Crippen LogP contribution >= 0.6 is 0 Å². The van der Waals surface area contributed by atoms with Crippen LogP contribution in [0.2, 0.25) is 0 Å². The quantitative estimate of drug-likeness (QED) is 0.434. The molecule has 0 aromatic heterocycles. The van der Waals surface area contributed by atoms with Gasteiger partial charge < -0.3 is 0 Å². The summed E-state index contributed by atoms with van der Waals surface area (Å²) >= 11 is 0. The lowest BCUT2D eigenvalue weighted by Crippen LogP contribution is -2.53. The molecule has 0 saturated heterocycles. The zero-order valence-corrected chi connectivity index (χ0v) is 14.1. The lowest BCUT2D eigenvalue weighted by atomic mass is 10.0. The molecule has 0 heterocycles. The molecule has 2 rings (SSSR count). The van der Waals surface area contributed by atoms with Gasteiger partial charge in [0, 0.05) is 11.1 Å². The van der Waals surface area contributed by atoms with Gasteiger partial charge in [0.25, 0.3) is 12.3 Å². The number of hydrogen-bond donors (Lipinski definition) is 0. The van der Waals surface area contributed by atoms with E-state index >= 15 is 0 Å². The molecular formula is C18H12F10O. The molecule has 0 aliphatic carbocycles. The molecule has 0 fully saturated rings. The van der Waals surface area contributed by atoms with E-state index in [-0.39, 0.29) is 0 Å². The SMILES string of the molecule is FC(C(F)(F)OC(F)(F)C(F)C(F)(F)c1ccccc1)C(F)(F)c1ccccc1. The van der Waals surface area contributed by atoms with Crippen molar-refractivity contribution in [1.82, 2.24) is 0 Å². The van der Waals surface area contributed by atoms with E-state index in [0.717, 1.165) is 24.3 Å². The fraction of sp³-hybridized carbons (Fsp3) is 0.333. The van der Waals surface area contributed by atoms with Crippen LogP contribution in [0.5, 0.6) is 0 Å². The van der Waals surface area contributed by atoms with Crippen molar-refractivity contribution < 1.29 is 48.6 Å². The third-order valence-corrected chi connectivity index (χ3v) is 3.82. The van der Waals surface area contributed by atoms with Gasteiger partial charge >= 0.3 is 24.1 Å². The summed E-state index contributed by atoms with van der Waals surface area (Å²) in [5.41, 5.74) is -2.63. The average molecular weight is 434 g/mol. The Morgan fingerprint density at radius 3 is 1.07 bits per heavy atom. The monoisotopic (exact) mass is 434 g/mol. The second kappa shape index (κ2) is 7.85. The molecule has 0 amide bonds. The van der Waals surface area contributed by atoms with Gasteiger partial charge in [0.2, 0.25) is 0 Å². The maximum atomic E-state index is 13.9. The topological polar surface area (TPSA) is 9.23 Å². The molecule has 29 heavy (non-hydrogen) atoms. The molecule has 160 valence electrons. The van der Waals surface area contributed by atoms with Crippen LogP contribution in [-0.2, 0) is 16.6 Å². The summed E-state index contributed by atoms with van der Waals surface area (Å²) in [6, 6.07) is 8.23. The van der Waals surface area contributed by atoms with E-state index in [2.05, 4.69) is 4.74 Å². The predicted octanol–water partition coefficient (Wildman–Crippen LogP) is 6.45. The molecule has 11 heteroatoms. The maximum absolute atomic E-state index is 13.9. The summed E-state index contributed by atoms with van der Waals surface area (Å²) in [6.07, 6.45) is -21.5. The zero-order valence-electron chi connectivity index (χ0n) is 14.1. The van der Waals surface area contributed by atoms with Crippen molar-refractivity contribution in [2.24, 2.45) is 0 Å². The number of hydrogen-bond acceptors (Lipinski definition) is 1. The van der Waals surface area contributed by atoms with E-state index in [1.54, 1.807) is 0 Å².